The van der Waals surface area contributed by atoms with Crippen molar-refractivity contribution < 1.29 is 9.47 Å². The molecule has 2 aliphatic rings. The number of nitrogens with zero attached hydrogens (tertiary/aromatic N) is 1. The van der Waals surface area contributed by atoms with Gasteiger partial charge in [-0.15, -0.1) is 24.0 Å². The van der Waals surface area contributed by atoms with Crippen LogP contribution in [-0.2, 0) is 4.74 Å². The second-order valence-electron chi connectivity index (χ2n) is 5.94. The molecular formula is C17H26IN3O2. The number of halogens is 1. The first-order valence-corrected chi connectivity index (χ1v) is 8.11. The van der Waals surface area contributed by atoms with Gasteiger partial charge in [0.2, 0.25) is 0 Å². The number of rotatable bonds is 4. The van der Waals surface area contributed by atoms with Gasteiger partial charge in [0.1, 0.15) is 5.75 Å². The molecule has 3 rings (SSSR count). The van der Waals surface area contributed by atoms with Gasteiger partial charge in [-0.05, 0) is 24.5 Å². The Morgan fingerprint density at radius 1 is 1.17 bits per heavy atom. The van der Waals surface area contributed by atoms with Crippen LogP contribution in [0, 0.1) is 5.92 Å². The Kier molecular flexibility index (Phi) is 7.42. The molecule has 0 amide bonds. The van der Waals surface area contributed by atoms with Gasteiger partial charge in [-0.25, -0.2) is 0 Å². The van der Waals surface area contributed by atoms with Crippen LogP contribution < -0.4 is 15.4 Å². The molecule has 1 saturated heterocycles. The zero-order valence-electron chi connectivity index (χ0n) is 13.6. The monoisotopic (exact) mass is 431 g/mol. The molecule has 0 radical (unpaired) electrons. The van der Waals surface area contributed by atoms with Crippen molar-refractivity contribution >= 4 is 29.9 Å². The van der Waals surface area contributed by atoms with Crippen LogP contribution in [0.1, 0.15) is 24.3 Å². The van der Waals surface area contributed by atoms with Crippen LogP contribution in [0.2, 0.25) is 0 Å². The van der Waals surface area contributed by atoms with Gasteiger partial charge in [-0.2, -0.15) is 0 Å². The second kappa shape index (κ2) is 9.32. The highest BCUT2D eigenvalue weighted by Gasteiger charge is 2.21. The molecule has 2 atom stereocenters. The lowest BCUT2D eigenvalue weighted by Gasteiger charge is -2.26. The standard InChI is InChI=1S/C17H25N3O2.HI/c1-18-17(19-10-13-6-8-21-12-13)20-11-14-7-9-22-16-5-3-2-4-15(14)16;/h2-5,13-14H,6-12H2,1H3,(H2,18,19,20);1H. The Morgan fingerprint density at radius 3 is 2.78 bits per heavy atom. The lowest BCUT2D eigenvalue weighted by Crippen LogP contribution is -2.42. The van der Waals surface area contributed by atoms with Crippen LogP contribution in [0.25, 0.3) is 0 Å². The predicted molar refractivity (Wildman–Crippen MR) is 103 cm³/mol. The minimum absolute atomic E-state index is 0. The number of para-hydroxylation sites is 1. The molecule has 0 saturated carbocycles. The Morgan fingerprint density at radius 2 is 2.00 bits per heavy atom. The van der Waals surface area contributed by atoms with Crippen LogP contribution >= 0.6 is 24.0 Å². The molecule has 6 heteroatoms. The summed E-state index contributed by atoms with van der Waals surface area (Å²) in [5, 5.41) is 6.85. The van der Waals surface area contributed by atoms with Gasteiger partial charge in [-0.1, -0.05) is 18.2 Å². The van der Waals surface area contributed by atoms with Gasteiger partial charge >= 0.3 is 0 Å². The van der Waals surface area contributed by atoms with Crippen LogP contribution in [0.4, 0.5) is 0 Å². The van der Waals surface area contributed by atoms with E-state index in [0.717, 1.165) is 57.5 Å². The van der Waals surface area contributed by atoms with Gasteiger partial charge in [-0.3, -0.25) is 4.99 Å². The summed E-state index contributed by atoms with van der Waals surface area (Å²) < 4.78 is 11.1. The molecule has 2 heterocycles. The van der Waals surface area contributed by atoms with Crippen molar-refractivity contribution in [2.45, 2.75) is 18.8 Å². The number of fused-ring (bicyclic) bond motifs is 1. The van der Waals surface area contributed by atoms with E-state index >= 15 is 0 Å². The number of aliphatic imine (C=N–C) groups is 1. The highest BCUT2D eigenvalue weighted by atomic mass is 127. The number of ether oxygens (including phenoxy) is 2. The third-order valence-electron chi connectivity index (χ3n) is 4.40. The number of nitrogens with one attached hydrogen (secondary N) is 2. The molecule has 2 N–H and O–H groups in total. The van der Waals surface area contributed by atoms with Crippen LogP contribution in [0.15, 0.2) is 29.3 Å². The van der Waals surface area contributed by atoms with E-state index in [1.807, 2.05) is 13.1 Å². The zero-order chi connectivity index (χ0) is 15.2. The lowest BCUT2D eigenvalue weighted by atomic mass is 9.93. The van der Waals surface area contributed by atoms with E-state index in [-0.39, 0.29) is 24.0 Å². The summed E-state index contributed by atoms with van der Waals surface area (Å²) in [5.41, 5.74) is 1.29. The van der Waals surface area contributed by atoms with E-state index in [2.05, 4.69) is 33.8 Å². The molecular weight excluding hydrogens is 405 g/mol. The maximum absolute atomic E-state index is 5.71. The smallest absolute Gasteiger partial charge is 0.191 e. The number of benzene rings is 1. The molecule has 1 aromatic rings. The van der Waals surface area contributed by atoms with E-state index < -0.39 is 0 Å². The van der Waals surface area contributed by atoms with Crippen molar-refractivity contribution in [1.29, 1.82) is 0 Å². The molecule has 128 valence electrons. The first-order chi connectivity index (χ1) is 10.9. The van der Waals surface area contributed by atoms with Crippen molar-refractivity contribution in [1.82, 2.24) is 10.6 Å². The molecule has 1 fully saturated rings. The number of hydrogen-bond donors (Lipinski definition) is 2. The fourth-order valence-electron chi connectivity index (χ4n) is 3.05. The predicted octanol–water partition coefficient (Wildman–Crippen LogP) is 2.37. The average molecular weight is 431 g/mol. The third kappa shape index (κ3) is 4.97. The zero-order valence-corrected chi connectivity index (χ0v) is 15.9. The molecule has 2 aliphatic heterocycles. The lowest BCUT2D eigenvalue weighted by molar-refractivity contribution is 0.186. The third-order valence-corrected chi connectivity index (χ3v) is 4.40. The maximum atomic E-state index is 5.71. The maximum Gasteiger partial charge on any atom is 0.191 e. The van der Waals surface area contributed by atoms with Gasteiger partial charge in [0.25, 0.3) is 0 Å². The minimum Gasteiger partial charge on any atom is -0.493 e. The van der Waals surface area contributed by atoms with E-state index in [1.54, 1.807) is 0 Å². The van der Waals surface area contributed by atoms with E-state index in [0.29, 0.717) is 11.8 Å². The van der Waals surface area contributed by atoms with Crippen LogP contribution in [0.5, 0.6) is 5.75 Å². The molecule has 23 heavy (non-hydrogen) atoms. The van der Waals surface area contributed by atoms with Gasteiger partial charge in [0.15, 0.2) is 5.96 Å². The molecule has 5 nitrogen and oxygen atoms in total. The first-order valence-electron chi connectivity index (χ1n) is 8.11. The topological polar surface area (TPSA) is 54.9 Å². The molecule has 0 spiro atoms. The van der Waals surface area contributed by atoms with Crippen molar-refractivity contribution in [3.05, 3.63) is 29.8 Å². The minimum atomic E-state index is 0. The summed E-state index contributed by atoms with van der Waals surface area (Å²) in [6.45, 7) is 4.33. The summed E-state index contributed by atoms with van der Waals surface area (Å²) in [5.74, 6) is 2.96. The second-order valence-corrected chi connectivity index (χ2v) is 5.94. The fraction of sp³-hybridized carbons (Fsp3) is 0.588. The van der Waals surface area contributed by atoms with Crippen molar-refractivity contribution in [2.24, 2.45) is 10.9 Å². The Balaban J connectivity index is 0.00000192. The summed E-state index contributed by atoms with van der Waals surface area (Å²) in [4.78, 5) is 4.31. The van der Waals surface area contributed by atoms with Crippen LogP contribution in [0.3, 0.4) is 0 Å². The summed E-state index contributed by atoms with van der Waals surface area (Å²) in [6, 6.07) is 8.31. The van der Waals surface area contributed by atoms with Gasteiger partial charge in [0.05, 0.1) is 13.2 Å². The normalized spacial score (nSPS) is 23.4. The van der Waals surface area contributed by atoms with Crippen molar-refractivity contribution in [3.8, 4) is 5.75 Å². The average Bonchev–Trinajstić information content (AvgIpc) is 3.08. The van der Waals surface area contributed by atoms with Crippen molar-refractivity contribution in [2.75, 3.05) is 40.0 Å². The van der Waals surface area contributed by atoms with E-state index in [9.17, 15) is 0 Å². The molecule has 1 aromatic carbocycles. The number of guanidine groups is 1. The highest BCUT2D eigenvalue weighted by molar-refractivity contribution is 14.0. The summed E-state index contributed by atoms with van der Waals surface area (Å²) >= 11 is 0. The summed E-state index contributed by atoms with van der Waals surface area (Å²) in [6.07, 6.45) is 2.18. The Bertz CT molecular complexity index is 518. The van der Waals surface area contributed by atoms with Gasteiger partial charge in [0, 0.05) is 38.6 Å². The van der Waals surface area contributed by atoms with E-state index in [1.165, 1.54) is 5.56 Å². The number of hydrogen-bond acceptors (Lipinski definition) is 3. The largest absolute Gasteiger partial charge is 0.493 e. The van der Waals surface area contributed by atoms with E-state index in [4.69, 9.17) is 9.47 Å². The Labute approximate surface area is 155 Å². The SMILES string of the molecule is CN=C(NCC1CCOC1)NCC1CCOc2ccccc21.I. The molecule has 0 aromatic heterocycles. The molecule has 2 unspecified atom stereocenters. The quantitative estimate of drug-likeness (QED) is 0.437. The van der Waals surface area contributed by atoms with Crippen LogP contribution in [-0.4, -0.2) is 45.9 Å². The Hall–Kier alpha value is -1.02. The highest BCUT2D eigenvalue weighted by Crippen LogP contribution is 2.32. The summed E-state index contributed by atoms with van der Waals surface area (Å²) in [7, 11) is 1.82. The molecule has 0 aliphatic carbocycles. The van der Waals surface area contributed by atoms with Crippen molar-refractivity contribution in [3.63, 3.8) is 0 Å². The first kappa shape index (κ1) is 18.3. The van der Waals surface area contributed by atoms with Gasteiger partial charge < -0.3 is 20.1 Å². The fourth-order valence-corrected chi connectivity index (χ4v) is 3.05. The molecule has 0 bridgehead atoms.